The van der Waals surface area contributed by atoms with E-state index in [0.29, 0.717) is 17.3 Å². The van der Waals surface area contributed by atoms with Gasteiger partial charge in [-0.2, -0.15) is 0 Å². The standard InChI is InChI=1S/C9H11N5O2/c1-14-7(5-10-13-14)9(15)6-3-4-8(16-2)12-11-6/h3-5,9,15H,1-2H3. The van der Waals surface area contributed by atoms with Crippen molar-refractivity contribution in [1.29, 1.82) is 0 Å². The summed E-state index contributed by atoms with van der Waals surface area (Å²) in [5.41, 5.74) is 0.977. The SMILES string of the molecule is COc1ccc(C(O)c2cnnn2C)nn1. The van der Waals surface area contributed by atoms with Gasteiger partial charge in [-0.1, -0.05) is 5.21 Å². The van der Waals surface area contributed by atoms with Crippen LogP contribution in [0.25, 0.3) is 0 Å². The van der Waals surface area contributed by atoms with Crippen molar-refractivity contribution in [2.75, 3.05) is 7.11 Å². The molecule has 0 bridgehead atoms. The molecule has 0 aromatic carbocycles. The molecule has 0 saturated carbocycles. The second-order valence-electron chi connectivity index (χ2n) is 3.19. The fraction of sp³-hybridized carbons (Fsp3) is 0.333. The Morgan fingerprint density at radius 1 is 1.38 bits per heavy atom. The summed E-state index contributed by atoms with van der Waals surface area (Å²) < 4.78 is 6.36. The Morgan fingerprint density at radius 3 is 2.69 bits per heavy atom. The fourth-order valence-electron chi connectivity index (χ4n) is 1.28. The lowest BCUT2D eigenvalue weighted by molar-refractivity contribution is 0.203. The summed E-state index contributed by atoms with van der Waals surface area (Å²) in [5.74, 6) is 0.402. The lowest BCUT2D eigenvalue weighted by Crippen LogP contribution is -2.09. The predicted molar refractivity (Wildman–Crippen MR) is 53.6 cm³/mol. The molecule has 0 aliphatic heterocycles. The van der Waals surface area contributed by atoms with E-state index in [-0.39, 0.29) is 0 Å². The number of methoxy groups -OCH3 is 1. The highest BCUT2D eigenvalue weighted by Crippen LogP contribution is 2.18. The van der Waals surface area contributed by atoms with Crippen LogP contribution in [-0.2, 0) is 7.05 Å². The van der Waals surface area contributed by atoms with E-state index in [1.54, 1.807) is 19.2 Å². The number of ether oxygens (including phenoxy) is 1. The smallest absolute Gasteiger partial charge is 0.233 e. The van der Waals surface area contributed by atoms with Crippen molar-refractivity contribution in [2.45, 2.75) is 6.10 Å². The zero-order valence-electron chi connectivity index (χ0n) is 8.90. The van der Waals surface area contributed by atoms with Crippen LogP contribution in [0.5, 0.6) is 5.88 Å². The average molecular weight is 221 g/mol. The molecule has 0 amide bonds. The quantitative estimate of drug-likeness (QED) is 0.765. The van der Waals surface area contributed by atoms with Gasteiger partial charge in [-0.25, -0.2) is 4.68 Å². The molecule has 0 aliphatic rings. The topological polar surface area (TPSA) is 86.0 Å². The maximum absolute atomic E-state index is 9.98. The van der Waals surface area contributed by atoms with Gasteiger partial charge in [-0.3, -0.25) is 0 Å². The molecule has 2 aromatic heterocycles. The molecular weight excluding hydrogens is 210 g/mol. The third-order valence-corrected chi connectivity index (χ3v) is 2.18. The van der Waals surface area contributed by atoms with E-state index < -0.39 is 6.10 Å². The van der Waals surface area contributed by atoms with E-state index in [1.807, 2.05) is 0 Å². The Labute approximate surface area is 91.7 Å². The molecule has 7 nitrogen and oxygen atoms in total. The monoisotopic (exact) mass is 221 g/mol. The van der Waals surface area contributed by atoms with Gasteiger partial charge in [0.2, 0.25) is 5.88 Å². The number of hydrogen-bond donors (Lipinski definition) is 1. The Bertz CT molecular complexity index is 467. The van der Waals surface area contributed by atoms with E-state index in [0.717, 1.165) is 0 Å². The van der Waals surface area contributed by atoms with Crippen LogP contribution in [0.15, 0.2) is 18.3 Å². The first-order valence-electron chi connectivity index (χ1n) is 4.62. The lowest BCUT2D eigenvalue weighted by Gasteiger charge is -2.08. The molecular formula is C9H11N5O2. The summed E-state index contributed by atoms with van der Waals surface area (Å²) in [5, 5.41) is 25.0. The largest absolute Gasteiger partial charge is 0.480 e. The molecule has 0 saturated heterocycles. The van der Waals surface area contributed by atoms with Gasteiger partial charge in [-0.15, -0.1) is 15.3 Å². The van der Waals surface area contributed by atoms with Crippen LogP contribution in [0.1, 0.15) is 17.5 Å². The Hall–Kier alpha value is -2.02. The van der Waals surface area contributed by atoms with E-state index in [4.69, 9.17) is 4.74 Å². The lowest BCUT2D eigenvalue weighted by atomic mass is 10.2. The van der Waals surface area contributed by atoms with Gasteiger partial charge in [0.15, 0.2) is 0 Å². The van der Waals surface area contributed by atoms with Gasteiger partial charge in [-0.05, 0) is 6.07 Å². The number of aryl methyl sites for hydroxylation is 1. The molecule has 0 spiro atoms. The first-order chi connectivity index (χ1) is 7.72. The van der Waals surface area contributed by atoms with Crippen LogP contribution < -0.4 is 4.74 Å². The van der Waals surface area contributed by atoms with E-state index in [9.17, 15) is 5.11 Å². The van der Waals surface area contributed by atoms with Crippen molar-refractivity contribution in [3.05, 3.63) is 29.7 Å². The number of aliphatic hydroxyl groups is 1. The maximum atomic E-state index is 9.98. The first-order valence-corrected chi connectivity index (χ1v) is 4.62. The summed E-state index contributed by atoms with van der Waals surface area (Å²) >= 11 is 0. The van der Waals surface area contributed by atoms with Crippen molar-refractivity contribution in [1.82, 2.24) is 25.2 Å². The van der Waals surface area contributed by atoms with Crippen molar-refractivity contribution >= 4 is 0 Å². The number of aromatic nitrogens is 5. The van der Waals surface area contributed by atoms with Crippen LogP contribution in [0.2, 0.25) is 0 Å². The Balaban J connectivity index is 2.27. The second-order valence-corrected chi connectivity index (χ2v) is 3.19. The summed E-state index contributed by atoms with van der Waals surface area (Å²) in [6, 6.07) is 3.28. The minimum atomic E-state index is -0.890. The zero-order chi connectivity index (χ0) is 11.5. The van der Waals surface area contributed by atoms with E-state index in [1.165, 1.54) is 18.0 Å². The van der Waals surface area contributed by atoms with Crippen LogP contribution in [-0.4, -0.2) is 37.4 Å². The van der Waals surface area contributed by atoms with Gasteiger partial charge < -0.3 is 9.84 Å². The zero-order valence-corrected chi connectivity index (χ0v) is 8.90. The van der Waals surface area contributed by atoms with E-state index >= 15 is 0 Å². The maximum Gasteiger partial charge on any atom is 0.233 e. The van der Waals surface area contributed by atoms with Crippen LogP contribution >= 0.6 is 0 Å². The fourth-order valence-corrected chi connectivity index (χ4v) is 1.28. The van der Waals surface area contributed by atoms with Crippen molar-refractivity contribution < 1.29 is 9.84 Å². The van der Waals surface area contributed by atoms with Crippen LogP contribution in [0.4, 0.5) is 0 Å². The molecule has 2 aromatic rings. The molecule has 1 atom stereocenters. The molecule has 2 heterocycles. The highest BCUT2D eigenvalue weighted by atomic mass is 16.5. The number of rotatable bonds is 3. The number of nitrogens with zero attached hydrogens (tertiary/aromatic N) is 5. The van der Waals surface area contributed by atoms with Gasteiger partial charge in [0.05, 0.1) is 24.7 Å². The van der Waals surface area contributed by atoms with Crippen LogP contribution in [0.3, 0.4) is 0 Å². The van der Waals surface area contributed by atoms with E-state index in [2.05, 4.69) is 20.5 Å². The molecule has 2 rings (SSSR count). The molecule has 0 aliphatic carbocycles. The highest BCUT2D eigenvalue weighted by molar-refractivity contribution is 5.19. The highest BCUT2D eigenvalue weighted by Gasteiger charge is 2.16. The molecule has 16 heavy (non-hydrogen) atoms. The second kappa shape index (κ2) is 4.23. The van der Waals surface area contributed by atoms with Crippen LogP contribution in [0, 0.1) is 0 Å². The van der Waals surface area contributed by atoms with Gasteiger partial charge in [0.25, 0.3) is 0 Å². The van der Waals surface area contributed by atoms with Crippen molar-refractivity contribution in [3.8, 4) is 5.88 Å². The summed E-state index contributed by atoms with van der Waals surface area (Å²) in [6.07, 6.45) is 0.592. The Morgan fingerprint density at radius 2 is 2.19 bits per heavy atom. The minimum absolute atomic E-state index is 0.402. The molecule has 0 fully saturated rings. The molecule has 7 heteroatoms. The van der Waals surface area contributed by atoms with Crippen molar-refractivity contribution in [3.63, 3.8) is 0 Å². The van der Waals surface area contributed by atoms with Gasteiger partial charge >= 0.3 is 0 Å². The number of hydrogen-bond acceptors (Lipinski definition) is 6. The molecule has 1 unspecified atom stereocenters. The third-order valence-electron chi connectivity index (χ3n) is 2.18. The average Bonchev–Trinajstić information content (AvgIpc) is 2.75. The molecule has 0 radical (unpaired) electrons. The van der Waals surface area contributed by atoms with Gasteiger partial charge in [0.1, 0.15) is 6.10 Å². The third kappa shape index (κ3) is 1.84. The van der Waals surface area contributed by atoms with Crippen molar-refractivity contribution in [2.24, 2.45) is 7.05 Å². The minimum Gasteiger partial charge on any atom is -0.480 e. The predicted octanol–water partition coefficient (Wildman–Crippen LogP) is -0.305. The summed E-state index contributed by atoms with van der Waals surface area (Å²) in [6.45, 7) is 0. The summed E-state index contributed by atoms with van der Waals surface area (Å²) in [4.78, 5) is 0. The Kier molecular flexibility index (Phi) is 2.78. The molecule has 84 valence electrons. The van der Waals surface area contributed by atoms with Gasteiger partial charge in [0, 0.05) is 13.1 Å². The normalized spacial score (nSPS) is 12.4. The number of aliphatic hydroxyl groups excluding tert-OH is 1. The summed E-state index contributed by atoms with van der Waals surface area (Å²) in [7, 11) is 3.20. The first kappa shape index (κ1) is 10.5. The molecule has 1 N–H and O–H groups in total.